The molecule has 0 aromatic heterocycles. The fraction of sp³-hybridized carbons (Fsp3) is 0.318. The largest absolute Gasteiger partial charge is 0.338 e. The molecule has 0 unspecified atom stereocenters. The first-order chi connectivity index (χ1) is 15.4. The van der Waals surface area contributed by atoms with E-state index in [1.165, 1.54) is 28.2 Å². The smallest absolute Gasteiger partial charge is 0.255 e. The first kappa shape index (κ1) is 22.3. The summed E-state index contributed by atoms with van der Waals surface area (Å²) in [6.45, 7) is 0.753. The van der Waals surface area contributed by atoms with Gasteiger partial charge >= 0.3 is 0 Å². The molecule has 10 heteroatoms. The van der Waals surface area contributed by atoms with Gasteiger partial charge in [0.25, 0.3) is 5.91 Å². The Morgan fingerprint density at radius 2 is 1.62 bits per heavy atom. The van der Waals surface area contributed by atoms with E-state index in [4.69, 9.17) is 0 Å². The molecule has 0 saturated carbocycles. The molecule has 2 aliphatic rings. The molecule has 2 aromatic carbocycles. The Balaban J connectivity index is 1.43. The van der Waals surface area contributed by atoms with E-state index in [0.717, 1.165) is 0 Å². The number of nitriles is 1. The molecule has 0 N–H and O–H groups in total. The van der Waals surface area contributed by atoms with Crippen molar-refractivity contribution in [3.63, 3.8) is 0 Å². The normalized spacial score (nSPS) is 19.5. The first-order valence-corrected chi connectivity index (χ1v) is 12.7. The molecule has 2 heterocycles. The zero-order chi connectivity index (χ0) is 22.7. The second-order valence-corrected chi connectivity index (χ2v) is 10.4. The highest BCUT2D eigenvalue weighted by Gasteiger charge is 2.39. The molecule has 0 spiro atoms. The summed E-state index contributed by atoms with van der Waals surface area (Å²) in [4.78, 5) is 29.3. The molecule has 2 amide bonds. The number of thioether (sulfide) groups is 1. The number of hydrogen-bond acceptors (Lipinski definition) is 6. The number of sulfonamides is 1. The highest BCUT2D eigenvalue weighted by atomic mass is 32.2. The van der Waals surface area contributed by atoms with Gasteiger partial charge in [-0.1, -0.05) is 30.3 Å². The quantitative estimate of drug-likeness (QED) is 0.673. The molecule has 8 nitrogen and oxygen atoms in total. The summed E-state index contributed by atoms with van der Waals surface area (Å²) < 4.78 is 27.3. The van der Waals surface area contributed by atoms with Crippen molar-refractivity contribution in [2.75, 3.05) is 37.8 Å². The molecule has 32 heavy (non-hydrogen) atoms. The third-order valence-corrected chi connectivity index (χ3v) is 8.59. The number of nitrogens with zero attached hydrogens (tertiary/aromatic N) is 4. The lowest BCUT2D eigenvalue weighted by Gasteiger charge is -2.36. The van der Waals surface area contributed by atoms with E-state index < -0.39 is 16.1 Å². The van der Waals surface area contributed by atoms with Gasteiger partial charge in [-0.25, -0.2) is 8.42 Å². The summed E-state index contributed by atoms with van der Waals surface area (Å²) in [5.41, 5.74) is 0.643. The number of amides is 2. The zero-order valence-electron chi connectivity index (χ0n) is 17.3. The third-order valence-electron chi connectivity index (χ3n) is 5.62. The monoisotopic (exact) mass is 470 g/mol. The van der Waals surface area contributed by atoms with Crippen LogP contribution in [-0.4, -0.2) is 78.2 Å². The van der Waals surface area contributed by atoms with Gasteiger partial charge in [-0.3, -0.25) is 9.59 Å². The number of piperazine rings is 1. The maximum absolute atomic E-state index is 13.2. The zero-order valence-corrected chi connectivity index (χ0v) is 18.9. The van der Waals surface area contributed by atoms with E-state index in [0.29, 0.717) is 17.2 Å². The minimum absolute atomic E-state index is 0.0193. The fourth-order valence-corrected chi connectivity index (χ4v) is 6.59. The van der Waals surface area contributed by atoms with Crippen molar-refractivity contribution >= 4 is 33.6 Å². The fourth-order valence-electron chi connectivity index (χ4n) is 3.88. The first-order valence-electron chi connectivity index (χ1n) is 10.2. The lowest BCUT2D eigenvalue weighted by Crippen LogP contribution is -2.55. The molecule has 2 fully saturated rings. The summed E-state index contributed by atoms with van der Waals surface area (Å²) in [6, 6.07) is 16.3. The topological polar surface area (TPSA) is 102 Å². The van der Waals surface area contributed by atoms with E-state index >= 15 is 0 Å². The van der Waals surface area contributed by atoms with Gasteiger partial charge in [-0.05, 0) is 24.3 Å². The molecule has 2 aromatic rings. The Bertz CT molecular complexity index is 1160. The minimum atomic E-state index is -3.83. The molecule has 166 valence electrons. The van der Waals surface area contributed by atoms with Crippen LogP contribution in [0.2, 0.25) is 0 Å². The lowest BCUT2D eigenvalue weighted by molar-refractivity contribution is -0.136. The van der Waals surface area contributed by atoms with Crippen LogP contribution in [-0.2, 0) is 14.8 Å². The summed E-state index contributed by atoms with van der Waals surface area (Å²) >= 11 is 1.53. The van der Waals surface area contributed by atoms with Gasteiger partial charge in [0.1, 0.15) is 12.1 Å². The SMILES string of the molecule is N#Cc1ccccc1S(=O)(=O)N1CCN(C(=O)[C@@H]2CSCN2C(=O)c2ccccc2)CC1. The van der Waals surface area contributed by atoms with Crippen LogP contribution >= 0.6 is 11.8 Å². The highest BCUT2D eigenvalue weighted by molar-refractivity contribution is 7.99. The lowest BCUT2D eigenvalue weighted by atomic mass is 10.1. The predicted molar refractivity (Wildman–Crippen MR) is 120 cm³/mol. The molecular weight excluding hydrogens is 448 g/mol. The summed E-state index contributed by atoms with van der Waals surface area (Å²) in [7, 11) is -3.83. The number of carbonyl (C=O) groups excluding carboxylic acids is 2. The van der Waals surface area contributed by atoms with E-state index in [-0.39, 0.29) is 48.5 Å². The van der Waals surface area contributed by atoms with Crippen molar-refractivity contribution < 1.29 is 18.0 Å². The van der Waals surface area contributed by atoms with Crippen LogP contribution in [0, 0.1) is 11.3 Å². The Hall–Kier alpha value is -2.87. The van der Waals surface area contributed by atoms with E-state index in [9.17, 15) is 23.3 Å². The van der Waals surface area contributed by atoms with Crippen molar-refractivity contribution in [3.05, 3.63) is 65.7 Å². The van der Waals surface area contributed by atoms with Gasteiger partial charge < -0.3 is 9.80 Å². The Morgan fingerprint density at radius 3 is 2.31 bits per heavy atom. The van der Waals surface area contributed by atoms with Gasteiger partial charge in [0.15, 0.2) is 0 Å². The average molecular weight is 471 g/mol. The van der Waals surface area contributed by atoms with Crippen molar-refractivity contribution in [3.8, 4) is 6.07 Å². The molecule has 2 saturated heterocycles. The van der Waals surface area contributed by atoms with Crippen LogP contribution in [0.1, 0.15) is 15.9 Å². The number of carbonyl (C=O) groups is 2. The Labute approximate surface area is 191 Å². The van der Waals surface area contributed by atoms with Gasteiger partial charge in [0, 0.05) is 37.5 Å². The molecular formula is C22H22N4O4S2. The van der Waals surface area contributed by atoms with Crippen molar-refractivity contribution in [1.29, 1.82) is 5.26 Å². The summed E-state index contributed by atoms with van der Waals surface area (Å²) in [6.07, 6.45) is 0. The van der Waals surface area contributed by atoms with Crippen LogP contribution < -0.4 is 0 Å². The van der Waals surface area contributed by atoms with E-state index in [2.05, 4.69) is 0 Å². The van der Waals surface area contributed by atoms with Gasteiger partial charge in [0.2, 0.25) is 15.9 Å². The maximum atomic E-state index is 13.2. The van der Waals surface area contributed by atoms with E-state index in [1.54, 1.807) is 46.2 Å². The van der Waals surface area contributed by atoms with Crippen LogP contribution in [0.15, 0.2) is 59.5 Å². The van der Waals surface area contributed by atoms with Gasteiger partial charge in [-0.15, -0.1) is 11.8 Å². The van der Waals surface area contributed by atoms with Gasteiger partial charge in [-0.2, -0.15) is 9.57 Å². The van der Waals surface area contributed by atoms with Crippen molar-refractivity contribution in [1.82, 2.24) is 14.1 Å². The summed E-state index contributed by atoms with van der Waals surface area (Å²) in [5.74, 6) is 0.631. The predicted octanol–water partition coefficient (Wildman–Crippen LogP) is 1.61. The summed E-state index contributed by atoms with van der Waals surface area (Å²) in [5, 5.41) is 9.25. The molecule has 0 bridgehead atoms. The molecule has 2 aliphatic heterocycles. The van der Waals surface area contributed by atoms with Crippen LogP contribution in [0.3, 0.4) is 0 Å². The van der Waals surface area contributed by atoms with Crippen molar-refractivity contribution in [2.24, 2.45) is 0 Å². The van der Waals surface area contributed by atoms with Crippen molar-refractivity contribution in [2.45, 2.75) is 10.9 Å². The van der Waals surface area contributed by atoms with Crippen LogP contribution in [0.25, 0.3) is 0 Å². The third kappa shape index (κ3) is 4.24. The maximum Gasteiger partial charge on any atom is 0.255 e. The van der Waals surface area contributed by atoms with Crippen LogP contribution in [0.5, 0.6) is 0 Å². The highest BCUT2D eigenvalue weighted by Crippen LogP contribution is 2.26. The molecule has 4 rings (SSSR count). The average Bonchev–Trinajstić information content (AvgIpc) is 3.33. The second-order valence-electron chi connectivity index (χ2n) is 7.49. The van der Waals surface area contributed by atoms with Gasteiger partial charge in [0.05, 0.1) is 16.3 Å². The second kappa shape index (κ2) is 9.32. The van der Waals surface area contributed by atoms with Crippen LogP contribution in [0.4, 0.5) is 0 Å². The number of hydrogen-bond donors (Lipinski definition) is 0. The van der Waals surface area contributed by atoms with E-state index in [1.807, 2.05) is 12.1 Å². The Morgan fingerprint density at radius 1 is 0.969 bits per heavy atom. The molecule has 0 aliphatic carbocycles. The number of benzene rings is 2. The minimum Gasteiger partial charge on any atom is -0.338 e. The standard InChI is InChI=1S/C22H22N4O4S2/c23-14-18-8-4-5-9-20(18)32(29,30)25-12-10-24(11-13-25)22(28)19-15-31-16-26(19)21(27)17-6-2-1-3-7-17/h1-9,19H,10-13,15-16H2/t19-/m0/s1. The molecule has 1 atom stereocenters. The Kier molecular flexibility index (Phi) is 6.50. The molecule has 0 radical (unpaired) electrons. The number of rotatable bonds is 4.